The first-order valence-corrected chi connectivity index (χ1v) is 14.6. The number of nitrogens with one attached hydrogen (secondary N) is 1. The second-order valence-corrected chi connectivity index (χ2v) is 12.6. The molecule has 2 amide bonds. The molecule has 0 spiro atoms. The van der Waals surface area contributed by atoms with Crippen molar-refractivity contribution in [3.05, 3.63) is 58.9 Å². The van der Waals surface area contributed by atoms with Crippen LogP contribution in [-0.4, -0.2) is 50.6 Å². The van der Waals surface area contributed by atoms with E-state index in [4.69, 9.17) is 4.74 Å². The summed E-state index contributed by atoms with van der Waals surface area (Å²) in [7, 11) is -2.27. The fourth-order valence-electron chi connectivity index (χ4n) is 5.66. The molecule has 1 heterocycles. The lowest BCUT2D eigenvalue weighted by Crippen LogP contribution is -2.51. The van der Waals surface area contributed by atoms with Gasteiger partial charge in [-0.1, -0.05) is 6.07 Å². The summed E-state index contributed by atoms with van der Waals surface area (Å²) in [5.41, 5.74) is -1.13. The van der Waals surface area contributed by atoms with Crippen molar-refractivity contribution < 1.29 is 40.3 Å². The van der Waals surface area contributed by atoms with Crippen molar-refractivity contribution in [2.24, 2.45) is 11.8 Å². The number of hydrogen-bond acceptors (Lipinski definition) is 5. The first-order valence-electron chi connectivity index (χ1n) is 12.7. The van der Waals surface area contributed by atoms with Crippen molar-refractivity contribution in [3.8, 4) is 5.75 Å². The Balaban J connectivity index is 1.44. The molecule has 12 heteroatoms. The van der Waals surface area contributed by atoms with Crippen LogP contribution in [0.1, 0.15) is 59.6 Å². The topological polar surface area (TPSA) is 92.8 Å². The highest BCUT2D eigenvalue weighted by molar-refractivity contribution is 7.90. The lowest BCUT2D eigenvalue weighted by Gasteiger charge is -2.37. The molecule has 2 aliphatic carbocycles. The number of fused-ring (bicyclic) bond motifs is 1. The number of carbonyl (C=O) groups excluding carboxylic acids is 2. The van der Waals surface area contributed by atoms with Crippen LogP contribution in [0.25, 0.3) is 0 Å². The van der Waals surface area contributed by atoms with Gasteiger partial charge in [0.2, 0.25) is 5.91 Å². The van der Waals surface area contributed by atoms with E-state index in [1.165, 1.54) is 30.2 Å². The summed E-state index contributed by atoms with van der Waals surface area (Å²) < 4.78 is 83.6. The van der Waals surface area contributed by atoms with Gasteiger partial charge in [0.25, 0.3) is 5.91 Å². The van der Waals surface area contributed by atoms with E-state index in [1.807, 2.05) is 0 Å². The van der Waals surface area contributed by atoms with Gasteiger partial charge >= 0.3 is 6.18 Å². The van der Waals surface area contributed by atoms with Gasteiger partial charge in [0, 0.05) is 17.9 Å². The van der Waals surface area contributed by atoms with E-state index in [2.05, 4.69) is 5.32 Å². The Morgan fingerprint density at radius 3 is 2.33 bits per heavy atom. The molecule has 1 N–H and O–H groups in total. The maximum absolute atomic E-state index is 14.8. The van der Waals surface area contributed by atoms with Gasteiger partial charge in [-0.05, 0) is 74.3 Å². The van der Waals surface area contributed by atoms with Gasteiger partial charge in [0.1, 0.15) is 17.6 Å². The van der Waals surface area contributed by atoms with Crippen LogP contribution < -0.4 is 10.1 Å². The third-order valence-corrected chi connectivity index (χ3v) is 9.13. The van der Waals surface area contributed by atoms with Gasteiger partial charge in [0.15, 0.2) is 9.84 Å². The van der Waals surface area contributed by atoms with Crippen LogP contribution in [0.3, 0.4) is 0 Å². The predicted octanol–water partition coefficient (Wildman–Crippen LogP) is 4.52. The van der Waals surface area contributed by atoms with E-state index in [0.29, 0.717) is 31.7 Å². The second-order valence-electron chi connectivity index (χ2n) is 10.6. The maximum Gasteiger partial charge on any atom is 0.416 e. The number of sulfone groups is 1. The minimum absolute atomic E-state index is 0.0123. The Bertz CT molecular complexity index is 1420. The van der Waals surface area contributed by atoms with Crippen LogP contribution in [0, 0.1) is 17.7 Å². The minimum Gasteiger partial charge on any atom is -0.496 e. The Kier molecular flexibility index (Phi) is 6.89. The van der Waals surface area contributed by atoms with Gasteiger partial charge in [-0.3, -0.25) is 9.59 Å². The molecule has 2 aromatic carbocycles. The van der Waals surface area contributed by atoms with E-state index >= 15 is 0 Å². The zero-order valence-electron chi connectivity index (χ0n) is 21.3. The third kappa shape index (κ3) is 5.22. The molecule has 2 saturated carbocycles. The number of halogens is 4. The number of ether oxygens (including phenoxy) is 1. The summed E-state index contributed by atoms with van der Waals surface area (Å²) >= 11 is 0. The molecule has 0 radical (unpaired) electrons. The minimum atomic E-state index is -4.70. The number of likely N-dealkylation sites (tertiary alicyclic amines) is 1. The fraction of sp³-hybridized carbons (Fsp3) is 0.481. The number of hydrogen-bond donors (Lipinski definition) is 1. The molecule has 1 saturated heterocycles. The molecule has 0 aromatic heterocycles. The van der Waals surface area contributed by atoms with E-state index < -0.39 is 51.3 Å². The molecule has 3 aliphatic rings. The number of rotatable bonds is 7. The van der Waals surface area contributed by atoms with Gasteiger partial charge in [-0.2, -0.15) is 13.2 Å². The van der Waals surface area contributed by atoms with Crippen LogP contribution >= 0.6 is 0 Å². The zero-order chi connectivity index (χ0) is 28.3. The molecule has 2 aromatic rings. The molecule has 0 unspecified atom stereocenters. The summed E-state index contributed by atoms with van der Waals surface area (Å²) in [4.78, 5) is 28.8. The predicted molar refractivity (Wildman–Crippen MR) is 132 cm³/mol. The SMILES string of the molecule is COc1ccc(S(C)(=O)=O)cc1C(=O)N1[C@@H](C(=O)N[C@@H](c2ccc(C(F)(F)F)cc2F)C2CC2)C[C@H]2CC[C@H]21. The molecular formula is C27H28F4N2O5S. The average molecular weight is 569 g/mol. The standard InChI is InChI=1S/C27H28F4N2O5S/c1-38-23-10-7-17(39(2,36)37)13-19(23)26(35)33-21-9-5-15(21)11-22(33)25(34)32-24(14-3-4-14)18-8-6-16(12-20(18)28)27(29,30)31/h6-8,10,12-15,21-22,24H,3-5,9,11H2,1-2H3,(H,32,34)/t15-,21-,22-,24-/m1/s1. The van der Waals surface area contributed by atoms with Crippen molar-refractivity contribution in [2.45, 2.75) is 61.3 Å². The van der Waals surface area contributed by atoms with Crippen molar-refractivity contribution in [2.75, 3.05) is 13.4 Å². The smallest absolute Gasteiger partial charge is 0.416 e. The van der Waals surface area contributed by atoms with Crippen LogP contribution in [-0.2, 0) is 20.8 Å². The third-order valence-electron chi connectivity index (χ3n) is 8.02. The highest BCUT2D eigenvalue weighted by atomic mass is 32.2. The average Bonchev–Trinajstić information content (AvgIpc) is 3.65. The molecule has 210 valence electrons. The molecule has 3 fully saturated rings. The Labute approximate surface area is 223 Å². The largest absolute Gasteiger partial charge is 0.496 e. The van der Waals surface area contributed by atoms with Crippen LogP contribution in [0.4, 0.5) is 17.6 Å². The molecule has 0 bridgehead atoms. The van der Waals surface area contributed by atoms with Crippen LogP contribution in [0.5, 0.6) is 5.75 Å². The number of amides is 2. The fourth-order valence-corrected chi connectivity index (χ4v) is 6.30. The van der Waals surface area contributed by atoms with Crippen molar-refractivity contribution in [3.63, 3.8) is 0 Å². The van der Waals surface area contributed by atoms with Crippen molar-refractivity contribution in [1.29, 1.82) is 0 Å². The van der Waals surface area contributed by atoms with E-state index in [9.17, 15) is 35.6 Å². The number of alkyl halides is 3. The quantitative estimate of drug-likeness (QED) is 0.496. The number of carbonyl (C=O) groups is 2. The van der Waals surface area contributed by atoms with Crippen LogP contribution in [0.2, 0.25) is 0 Å². The van der Waals surface area contributed by atoms with E-state index in [0.717, 1.165) is 24.8 Å². The summed E-state index contributed by atoms with van der Waals surface area (Å²) in [6.45, 7) is 0. The highest BCUT2D eigenvalue weighted by Crippen LogP contribution is 2.46. The molecular weight excluding hydrogens is 540 g/mol. The first-order chi connectivity index (χ1) is 18.3. The van der Waals surface area contributed by atoms with Gasteiger partial charge in [0.05, 0.1) is 29.2 Å². The molecule has 1 aliphatic heterocycles. The maximum atomic E-state index is 14.8. The Morgan fingerprint density at radius 1 is 1.08 bits per heavy atom. The number of benzene rings is 2. The lowest BCUT2D eigenvalue weighted by atomic mass is 9.80. The monoisotopic (exact) mass is 568 g/mol. The second kappa shape index (κ2) is 9.79. The lowest BCUT2D eigenvalue weighted by molar-refractivity contribution is -0.137. The summed E-state index contributed by atoms with van der Waals surface area (Å²) in [5, 5.41) is 2.82. The van der Waals surface area contributed by atoms with Gasteiger partial charge in [-0.15, -0.1) is 0 Å². The van der Waals surface area contributed by atoms with E-state index in [1.54, 1.807) is 0 Å². The Hall–Kier alpha value is -3.15. The number of nitrogens with zero attached hydrogens (tertiary/aromatic N) is 1. The van der Waals surface area contributed by atoms with Crippen molar-refractivity contribution >= 4 is 21.7 Å². The summed E-state index contributed by atoms with van der Waals surface area (Å²) in [6, 6.07) is 4.30. The molecule has 7 nitrogen and oxygen atoms in total. The summed E-state index contributed by atoms with van der Waals surface area (Å²) in [5.74, 6) is -2.01. The normalized spacial score (nSPS) is 23.5. The molecule has 4 atom stereocenters. The Morgan fingerprint density at radius 2 is 1.79 bits per heavy atom. The zero-order valence-corrected chi connectivity index (χ0v) is 22.1. The van der Waals surface area contributed by atoms with E-state index in [-0.39, 0.29) is 39.6 Å². The van der Waals surface area contributed by atoms with Crippen molar-refractivity contribution in [1.82, 2.24) is 10.2 Å². The summed E-state index contributed by atoms with van der Waals surface area (Å²) in [6.07, 6.45) is -0.443. The highest BCUT2D eigenvalue weighted by Gasteiger charge is 2.52. The van der Waals surface area contributed by atoms with Crippen LogP contribution in [0.15, 0.2) is 41.3 Å². The van der Waals surface area contributed by atoms with Gasteiger partial charge < -0.3 is 15.0 Å². The number of methoxy groups -OCH3 is 1. The first kappa shape index (κ1) is 27.4. The molecule has 5 rings (SSSR count). The van der Waals surface area contributed by atoms with Gasteiger partial charge in [-0.25, -0.2) is 12.8 Å². The molecule has 39 heavy (non-hydrogen) atoms.